The monoisotopic (exact) mass is 338 g/mol. The third kappa shape index (κ3) is 3.02. The Hall–Kier alpha value is -2.31. The number of fused-ring (bicyclic) bond motifs is 1. The Bertz CT molecular complexity index is 856. The topological polar surface area (TPSA) is 61.6 Å². The van der Waals surface area contributed by atoms with E-state index in [1.54, 1.807) is 11.3 Å². The maximum absolute atomic E-state index is 7.51. The molecule has 1 saturated heterocycles. The molecule has 2 heterocycles. The molecule has 0 unspecified atom stereocenters. The van der Waals surface area contributed by atoms with Crippen molar-refractivity contribution in [1.82, 2.24) is 4.98 Å². The van der Waals surface area contributed by atoms with E-state index >= 15 is 0 Å². The molecule has 0 atom stereocenters. The summed E-state index contributed by atoms with van der Waals surface area (Å²) in [5, 5.41) is 4.76. The Morgan fingerprint density at radius 3 is 2.71 bits per heavy atom. The first kappa shape index (κ1) is 15.2. The molecule has 1 aliphatic rings. The number of nitrogens with zero attached hydrogens (tertiary/aromatic N) is 3. The Morgan fingerprint density at radius 2 is 1.96 bits per heavy atom. The minimum atomic E-state index is 0.725. The van der Waals surface area contributed by atoms with Crippen molar-refractivity contribution >= 4 is 32.4 Å². The molecule has 0 bridgehead atoms. The zero-order chi connectivity index (χ0) is 16.4. The molecular weight excluding hydrogens is 320 g/mol. The van der Waals surface area contributed by atoms with Gasteiger partial charge in [-0.25, -0.2) is 10.5 Å². The second kappa shape index (κ2) is 6.67. The summed E-state index contributed by atoms with van der Waals surface area (Å²) in [6.45, 7) is 3.27. The van der Waals surface area contributed by atoms with Crippen molar-refractivity contribution in [1.29, 1.82) is 5.53 Å². The van der Waals surface area contributed by atoms with E-state index in [9.17, 15) is 0 Å². The number of ether oxygens (including phenoxy) is 1. The van der Waals surface area contributed by atoms with Crippen molar-refractivity contribution in [3.05, 3.63) is 53.6 Å². The zero-order valence-electron chi connectivity index (χ0n) is 13.2. The maximum atomic E-state index is 7.51. The van der Waals surface area contributed by atoms with Crippen LogP contribution in [0.2, 0.25) is 0 Å². The van der Waals surface area contributed by atoms with Crippen LogP contribution in [-0.4, -0.2) is 31.3 Å². The molecule has 1 N–H and O–H groups in total. The van der Waals surface area contributed by atoms with Gasteiger partial charge in [0, 0.05) is 13.1 Å². The molecule has 1 aromatic heterocycles. The predicted molar refractivity (Wildman–Crippen MR) is 96.7 cm³/mol. The number of hydrogen-bond donors (Lipinski definition) is 1. The number of morpholine rings is 1. The first-order valence-electron chi connectivity index (χ1n) is 8.01. The predicted octanol–water partition coefficient (Wildman–Crippen LogP) is 4.39. The minimum Gasteiger partial charge on any atom is -0.378 e. The Labute approximate surface area is 144 Å². The number of aromatic nitrogens is 1. The first-order valence-corrected chi connectivity index (χ1v) is 8.83. The van der Waals surface area contributed by atoms with Crippen LogP contribution in [0.15, 0.2) is 47.6 Å². The highest BCUT2D eigenvalue weighted by molar-refractivity contribution is 7.22. The van der Waals surface area contributed by atoms with E-state index in [2.05, 4.69) is 28.2 Å². The van der Waals surface area contributed by atoms with Crippen LogP contribution in [0.1, 0.15) is 11.1 Å². The highest BCUT2D eigenvalue weighted by Crippen LogP contribution is 2.35. The van der Waals surface area contributed by atoms with Gasteiger partial charge in [-0.2, -0.15) is 5.11 Å². The average Bonchev–Trinajstić information content (AvgIpc) is 3.05. The van der Waals surface area contributed by atoms with Gasteiger partial charge in [-0.05, 0) is 29.7 Å². The van der Waals surface area contributed by atoms with Crippen LogP contribution in [-0.2, 0) is 11.2 Å². The van der Waals surface area contributed by atoms with Crippen molar-refractivity contribution in [3.8, 4) is 0 Å². The summed E-state index contributed by atoms with van der Waals surface area (Å²) in [5.74, 6) is 0. The molecule has 2 aromatic carbocycles. The quantitative estimate of drug-likeness (QED) is 0.718. The van der Waals surface area contributed by atoms with E-state index in [-0.39, 0.29) is 0 Å². The third-order valence-electron chi connectivity index (χ3n) is 4.22. The van der Waals surface area contributed by atoms with E-state index in [0.29, 0.717) is 0 Å². The largest absolute Gasteiger partial charge is 0.378 e. The SMILES string of the molecule is N=Nc1cc2sc(N3CCOCC3)nc2cc1Cc1ccccc1. The lowest BCUT2D eigenvalue weighted by Gasteiger charge is -2.25. The summed E-state index contributed by atoms with van der Waals surface area (Å²) in [5.41, 5.74) is 11.5. The number of nitrogens with one attached hydrogen (secondary N) is 1. The minimum absolute atomic E-state index is 0.725. The summed E-state index contributed by atoms with van der Waals surface area (Å²) >= 11 is 1.66. The van der Waals surface area contributed by atoms with Crippen LogP contribution in [0, 0.1) is 5.53 Å². The standard InChI is InChI=1S/C18H18N4OS/c19-21-15-12-17-16(11-14(15)10-13-4-2-1-3-5-13)20-18(24-17)22-6-8-23-9-7-22/h1-5,11-12,19H,6-10H2. The Balaban J connectivity index is 1.70. The molecule has 0 radical (unpaired) electrons. The number of rotatable bonds is 4. The second-order valence-electron chi connectivity index (χ2n) is 5.82. The molecule has 0 spiro atoms. The van der Waals surface area contributed by atoms with Gasteiger partial charge in [0.2, 0.25) is 0 Å². The Morgan fingerprint density at radius 1 is 1.17 bits per heavy atom. The lowest BCUT2D eigenvalue weighted by atomic mass is 10.0. The molecule has 0 amide bonds. The van der Waals surface area contributed by atoms with Crippen molar-refractivity contribution in [3.63, 3.8) is 0 Å². The number of benzene rings is 2. The van der Waals surface area contributed by atoms with Crippen LogP contribution in [0.3, 0.4) is 0 Å². The van der Waals surface area contributed by atoms with Crippen molar-refractivity contribution in [2.45, 2.75) is 6.42 Å². The fourth-order valence-electron chi connectivity index (χ4n) is 2.95. The van der Waals surface area contributed by atoms with Crippen LogP contribution in [0.25, 0.3) is 10.2 Å². The normalized spacial score (nSPS) is 14.9. The van der Waals surface area contributed by atoms with Gasteiger partial charge in [-0.1, -0.05) is 41.7 Å². The average molecular weight is 338 g/mol. The molecule has 1 aliphatic heterocycles. The third-order valence-corrected chi connectivity index (χ3v) is 5.30. The summed E-state index contributed by atoms with van der Waals surface area (Å²) in [4.78, 5) is 7.07. The van der Waals surface area contributed by atoms with Gasteiger partial charge in [-0.15, -0.1) is 0 Å². The fourth-order valence-corrected chi connectivity index (χ4v) is 3.98. The Kier molecular flexibility index (Phi) is 4.23. The smallest absolute Gasteiger partial charge is 0.186 e. The van der Waals surface area contributed by atoms with E-state index in [1.165, 1.54) is 5.56 Å². The molecular formula is C18H18N4OS. The van der Waals surface area contributed by atoms with E-state index in [4.69, 9.17) is 15.3 Å². The molecule has 24 heavy (non-hydrogen) atoms. The summed E-state index contributed by atoms with van der Waals surface area (Å²) in [6, 6.07) is 14.3. The van der Waals surface area contributed by atoms with E-state index in [1.807, 2.05) is 24.3 Å². The molecule has 4 rings (SSSR count). The molecule has 1 fully saturated rings. The molecule has 0 aliphatic carbocycles. The van der Waals surface area contributed by atoms with Crippen LogP contribution in [0.5, 0.6) is 0 Å². The van der Waals surface area contributed by atoms with Gasteiger partial charge in [0.05, 0.1) is 29.1 Å². The van der Waals surface area contributed by atoms with Gasteiger partial charge >= 0.3 is 0 Å². The highest BCUT2D eigenvalue weighted by atomic mass is 32.1. The van der Waals surface area contributed by atoms with Crippen LogP contribution in [0.4, 0.5) is 10.8 Å². The summed E-state index contributed by atoms with van der Waals surface area (Å²) in [7, 11) is 0. The molecule has 3 aromatic rings. The summed E-state index contributed by atoms with van der Waals surface area (Å²) < 4.78 is 6.50. The van der Waals surface area contributed by atoms with Gasteiger partial charge in [0.15, 0.2) is 5.13 Å². The van der Waals surface area contributed by atoms with Crippen LogP contribution < -0.4 is 4.90 Å². The van der Waals surface area contributed by atoms with Crippen LogP contribution >= 0.6 is 11.3 Å². The van der Waals surface area contributed by atoms with Gasteiger partial charge in [0.1, 0.15) is 0 Å². The van der Waals surface area contributed by atoms with E-state index in [0.717, 1.165) is 59.3 Å². The lowest BCUT2D eigenvalue weighted by Crippen LogP contribution is -2.36. The maximum Gasteiger partial charge on any atom is 0.186 e. The summed E-state index contributed by atoms with van der Waals surface area (Å²) in [6.07, 6.45) is 0.763. The lowest BCUT2D eigenvalue weighted by molar-refractivity contribution is 0.122. The van der Waals surface area contributed by atoms with Gasteiger partial charge in [-0.3, -0.25) is 0 Å². The van der Waals surface area contributed by atoms with Crippen molar-refractivity contribution in [2.24, 2.45) is 5.11 Å². The van der Waals surface area contributed by atoms with Crippen molar-refractivity contribution < 1.29 is 4.74 Å². The van der Waals surface area contributed by atoms with Gasteiger partial charge < -0.3 is 9.64 Å². The first-order chi connectivity index (χ1) is 11.8. The number of anilines is 1. The molecule has 0 saturated carbocycles. The zero-order valence-corrected chi connectivity index (χ0v) is 14.1. The van der Waals surface area contributed by atoms with Crippen molar-refractivity contribution in [2.75, 3.05) is 31.2 Å². The highest BCUT2D eigenvalue weighted by Gasteiger charge is 2.16. The molecule has 122 valence electrons. The molecule has 5 nitrogen and oxygen atoms in total. The number of hydrogen-bond acceptors (Lipinski definition) is 6. The van der Waals surface area contributed by atoms with Gasteiger partial charge in [0.25, 0.3) is 0 Å². The molecule has 6 heteroatoms. The van der Waals surface area contributed by atoms with E-state index < -0.39 is 0 Å². The fraction of sp³-hybridized carbons (Fsp3) is 0.278. The number of thiazole rings is 1. The second-order valence-corrected chi connectivity index (χ2v) is 6.83.